The molecule has 0 bridgehead atoms. The van der Waals surface area contributed by atoms with Crippen molar-refractivity contribution in [2.75, 3.05) is 7.05 Å². The van der Waals surface area contributed by atoms with E-state index in [4.69, 9.17) is 11.6 Å². The zero-order valence-electron chi connectivity index (χ0n) is 10.8. The first-order valence-electron chi connectivity index (χ1n) is 6.08. The van der Waals surface area contributed by atoms with E-state index in [9.17, 15) is 8.78 Å². The highest BCUT2D eigenvalue weighted by molar-refractivity contribution is 9.10. The number of halogens is 4. The molecule has 0 saturated heterocycles. The standard InChI is InChI=1S/C15H13BrClF2N/c1-20-13(10-5-3-6-11(18)14(10)16)8-9-4-2-7-12(19)15(9)17/h2-7,13,20H,8H2,1H3. The fourth-order valence-electron chi connectivity index (χ4n) is 2.08. The molecular formula is C15H13BrClF2N. The quantitative estimate of drug-likeness (QED) is 0.819. The molecule has 0 saturated carbocycles. The number of likely N-dealkylation sites (N-methyl/N-ethyl adjacent to an activating group) is 1. The van der Waals surface area contributed by atoms with E-state index in [-0.39, 0.29) is 16.9 Å². The van der Waals surface area contributed by atoms with Gasteiger partial charge >= 0.3 is 0 Å². The lowest BCUT2D eigenvalue weighted by atomic mass is 9.99. The molecule has 1 N–H and O–H groups in total. The molecule has 1 unspecified atom stereocenters. The van der Waals surface area contributed by atoms with Crippen LogP contribution in [0.1, 0.15) is 17.2 Å². The molecule has 0 fully saturated rings. The second-order valence-corrected chi connectivity index (χ2v) is 5.57. The Hall–Kier alpha value is -0.970. The molecule has 0 aliphatic rings. The molecule has 0 heterocycles. The summed E-state index contributed by atoms with van der Waals surface area (Å²) in [6.07, 6.45) is 0.467. The molecule has 0 aliphatic carbocycles. The second kappa shape index (κ2) is 6.66. The third-order valence-corrected chi connectivity index (χ3v) is 4.42. The minimum Gasteiger partial charge on any atom is -0.313 e. The van der Waals surface area contributed by atoms with E-state index in [1.807, 2.05) is 6.07 Å². The average Bonchev–Trinajstić information content (AvgIpc) is 2.44. The van der Waals surface area contributed by atoms with E-state index in [2.05, 4.69) is 21.2 Å². The van der Waals surface area contributed by atoms with Crippen LogP contribution >= 0.6 is 27.5 Å². The number of hydrogen-bond donors (Lipinski definition) is 1. The van der Waals surface area contributed by atoms with Crippen LogP contribution in [0.25, 0.3) is 0 Å². The van der Waals surface area contributed by atoms with E-state index >= 15 is 0 Å². The van der Waals surface area contributed by atoms with Crippen molar-refractivity contribution in [3.63, 3.8) is 0 Å². The van der Waals surface area contributed by atoms with Crippen molar-refractivity contribution >= 4 is 27.5 Å². The maximum absolute atomic E-state index is 13.6. The van der Waals surface area contributed by atoms with Gasteiger partial charge in [-0.1, -0.05) is 35.9 Å². The average molecular weight is 361 g/mol. The zero-order valence-corrected chi connectivity index (χ0v) is 13.1. The summed E-state index contributed by atoms with van der Waals surface area (Å²) in [6, 6.07) is 9.38. The molecule has 20 heavy (non-hydrogen) atoms. The summed E-state index contributed by atoms with van der Waals surface area (Å²) in [4.78, 5) is 0. The molecule has 1 atom stereocenters. The van der Waals surface area contributed by atoms with Gasteiger partial charge in [0.05, 0.1) is 9.50 Å². The maximum atomic E-state index is 13.6. The molecule has 5 heteroatoms. The Balaban J connectivity index is 2.34. The van der Waals surface area contributed by atoms with Crippen molar-refractivity contribution in [3.8, 4) is 0 Å². The van der Waals surface area contributed by atoms with Gasteiger partial charge in [0.15, 0.2) is 0 Å². The molecule has 1 nitrogen and oxygen atoms in total. The van der Waals surface area contributed by atoms with Crippen LogP contribution in [0.4, 0.5) is 8.78 Å². The normalized spacial score (nSPS) is 12.4. The van der Waals surface area contributed by atoms with E-state index < -0.39 is 5.82 Å². The van der Waals surface area contributed by atoms with Crippen LogP contribution in [0, 0.1) is 11.6 Å². The molecule has 2 aromatic rings. The van der Waals surface area contributed by atoms with E-state index in [1.54, 1.807) is 25.2 Å². The van der Waals surface area contributed by atoms with Crippen molar-refractivity contribution < 1.29 is 8.78 Å². The number of nitrogens with one attached hydrogen (secondary N) is 1. The molecule has 0 radical (unpaired) electrons. The predicted octanol–water partition coefficient (Wildman–Crippen LogP) is 4.88. The van der Waals surface area contributed by atoms with Gasteiger partial charge in [0.2, 0.25) is 0 Å². The summed E-state index contributed by atoms with van der Waals surface area (Å²) in [6.45, 7) is 0. The third kappa shape index (κ3) is 3.19. The predicted molar refractivity (Wildman–Crippen MR) is 81.0 cm³/mol. The van der Waals surface area contributed by atoms with Crippen LogP contribution in [0.5, 0.6) is 0 Å². The van der Waals surface area contributed by atoms with Crippen LogP contribution in [0.15, 0.2) is 40.9 Å². The first-order valence-corrected chi connectivity index (χ1v) is 7.25. The van der Waals surface area contributed by atoms with Crippen LogP contribution < -0.4 is 5.32 Å². The van der Waals surface area contributed by atoms with Gasteiger partial charge in [0.25, 0.3) is 0 Å². The number of hydrogen-bond acceptors (Lipinski definition) is 1. The Morgan fingerprint density at radius 1 is 1.15 bits per heavy atom. The van der Waals surface area contributed by atoms with Crippen molar-refractivity contribution in [1.29, 1.82) is 0 Å². The van der Waals surface area contributed by atoms with Gasteiger partial charge in [-0.15, -0.1) is 0 Å². The smallest absolute Gasteiger partial charge is 0.142 e. The van der Waals surface area contributed by atoms with Crippen LogP contribution in [-0.2, 0) is 6.42 Å². The summed E-state index contributed by atoms with van der Waals surface area (Å²) < 4.78 is 27.5. The first-order chi connectivity index (χ1) is 9.54. The van der Waals surface area contributed by atoms with Gasteiger partial charge in [-0.3, -0.25) is 0 Å². The van der Waals surface area contributed by atoms with Gasteiger partial charge in [0, 0.05) is 6.04 Å². The van der Waals surface area contributed by atoms with E-state index in [1.165, 1.54) is 12.1 Å². The van der Waals surface area contributed by atoms with Gasteiger partial charge in [-0.25, -0.2) is 8.78 Å². The molecule has 0 spiro atoms. The lowest BCUT2D eigenvalue weighted by molar-refractivity contribution is 0.567. The Morgan fingerprint density at radius 3 is 2.50 bits per heavy atom. The van der Waals surface area contributed by atoms with E-state index in [0.29, 0.717) is 16.5 Å². The van der Waals surface area contributed by atoms with E-state index in [0.717, 1.165) is 5.56 Å². The summed E-state index contributed by atoms with van der Waals surface area (Å²) >= 11 is 9.21. The fraction of sp³-hybridized carbons (Fsp3) is 0.200. The molecule has 0 aliphatic heterocycles. The molecule has 2 rings (SSSR count). The summed E-state index contributed by atoms with van der Waals surface area (Å²) in [5.41, 5.74) is 1.45. The summed E-state index contributed by atoms with van der Waals surface area (Å²) in [7, 11) is 1.77. The lowest BCUT2D eigenvalue weighted by Crippen LogP contribution is -2.20. The van der Waals surface area contributed by atoms with Crippen molar-refractivity contribution in [3.05, 3.63) is 68.7 Å². The Labute approximate surface area is 130 Å². The summed E-state index contributed by atoms with van der Waals surface area (Å²) in [5.74, 6) is -0.773. The zero-order chi connectivity index (χ0) is 14.7. The molecule has 2 aromatic carbocycles. The SMILES string of the molecule is CNC(Cc1cccc(F)c1Cl)c1cccc(F)c1Br. The summed E-state index contributed by atoms with van der Waals surface area (Å²) in [5, 5.41) is 3.22. The Kier molecular flexibility index (Phi) is 5.13. The highest BCUT2D eigenvalue weighted by Crippen LogP contribution is 2.30. The maximum Gasteiger partial charge on any atom is 0.142 e. The number of benzene rings is 2. The molecule has 0 aromatic heterocycles. The molecule has 0 amide bonds. The van der Waals surface area contributed by atoms with Gasteiger partial charge < -0.3 is 5.32 Å². The van der Waals surface area contributed by atoms with Gasteiger partial charge in [-0.05, 0) is 52.7 Å². The second-order valence-electron chi connectivity index (χ2n) is 4.40. The van der Waals surface area contributed by atoms with Crippen LogP contribution in [-0.4, -0.2) is 7.05 Å². The fourth-order valence-corrected chi connectivity index (χ4v) is 2.83. The highest BCUT2D eigenvalue weighted by Gasteiger charge is 2.17. The van der Waals surface area contributed by atoms with Crippen molar-refractivity contribution in [1.82, 2.24) is 5.32 Å². The topological polar surface area (TPSA) is 12.0 Å². The van der Waals surface area contributed by atoms with Gasteiger partial charge in [-0.2, -0.15) is 0 Å². The Morgan fingerprint density at radius 2 is 1.80 bits per heavy atom. The Bertz CT molecular complexity index is 619. The minimum atomic E-state index is -0.447. The number of rotatable bonds is 4. The largest absolute Gasteiger partial charge is 0.313 e. The molecule has 106 valence electrons. The van der Waals surface area contributed by atoms with Crippen molar-refractivity contribution in [2.24, 2.45) is 0 Å². The molecular weight excluding hydrogens is 348 g/mol. The third-order valence-electron chi connectivity index (χ3n) is 3.16. The van der Waals surface area contributed by atoms with Gasteiger partial charge in [0.1, 0.15) is 11.6 Å². The first kappa shape index (κ1) is 15.4. The van der Waals surface area contributed by atoms with Crippen LogP contribution in [0.3, 0.4) is 0 Å². The highest BCUT2D eigenvalue weighted by atomic mass is 79.9. The minimum absolute atomic E-state index is 0.111. The van der Waals surface area contributed by atoms with Crippen LogP contribution in [0.2, 0.25) is 5.02 Å². The monoisotopic (exact) mass is 359 g/mol. The van der Waals surface area contributed by atoms with Crippen molar-refractivity contribution in [2.45, 2.75) is 12.5 Å². The lowest BCUT2D eigenvalue weighted by Gasteiger charge is -2.19.